The molecule has 2 atom stereocenters. The molecule has 1 saturated carbocycles. The Balaban J connectivity index is 1.32. The maximum Gasteiger partial charge on any atom is 0.251 e. The minimum atomic E-state index is -1.51. The molecule has 2 fully saturated rings. The molecular formula is C37H47Cl2N3O7. The zero-order valence-corrected chi connectivity index (χ0v) is 30.0. The summed E-state index contributed by atoms with van der Waals surface area (Å²) in [5.41, 5.74) is 1.62. The Bertz CT molecular complexity index is 1600. The van der Waals surface area contributed by atoms with Gasteiger partial charge in [-0.2, -0.15) is 0 Å². The molecule has 1 saturated heterocycles. The van der Waals surface area contributed by atoms with Crippen LogP contribution < -0.4 is 20.3 Å². The third kappa shape index (κ3) is 9.57. The number of methoxy groups -OCH3 is 2. The first-order chi connectivity index (χ1) is 23.6. The highest BCUT2D eigenvalue weighted by atomic mass is 35.5. The lowest BCUT2D eigenvalue weighted by Crippen LogP contribution is -2.55. The largest absolute Gasteiger partial charge is 0.491 e. The third-order valence-corrected chi connectivity index (χ3v) is 9.70. The standard InChI is InChI=1S/C37H47Cl2N3O7/c1-25-17-32(38)35(33(39)18-25)49-14-12-41-11-8-28(22-34(41)43)37(45)9-10-40-23-31(37)36(44)42(29-6-7-29)24-27-19-26(5-4-13-46-2)20-30(21-27)48-16-15-47-3/h8,11,17-22,29,31,40,45H,4-7,9-10,12-16,23-24H2,1-3H3/t31-,37+/m1/s1. The van der Waals surface area contributed by atoms with Gasteiger partial charge in [0.2, 0.25) is 5.91 Å². The number of benzene rings is 2. The summed E-state index contributed by atoms with van der Waals surface area (Å²) >= 11 is 12.6. The molecule has 2 aliphatic rings. The van der Waals surface area contributed by atoms with Crippen molar-refractivity contribution in [1.29, 1.82) is 0 Å². The molecule has 0 bridgehead atoms. The lowest BCUT2D eigenvalue weighted by atomic mass is 9.76. The van der Waals surface area contributed by atoms with Crippen LogP contribution in [0.2, 0.25) is 10.0 Å². The molecule has 2 heterocycles. The van der Waals surface area contributed by atoms with Gasteiger partial charge in [-0.3, -0.25) is 9.59 Å². The van der Waals surface area contributed by atoms with Gasteiger partial charge >= 0.3 is 0 Å². The molecule has 12 heteroatoms. The molecule has 0 radical (unpaired) electrons. The number of hydrogen-bond acceptors (Lipinski definition) is 8. The Kier molecular flexibility index (Phi) is 13.0. The van der Waals surface area contributed by atoms with Crippen LogP contribution in [0.25, 0.3) is 0 Å². The third-order valence-electron chi connectivity index (χ3n) is 9.14. The number of rotatable bonds is 17. The molecule has 3 aromatic rings. The van der Waals surface area contributed by atoms with Crippen LogP contribution in [0.4, 0.5) is 0 Å². The zero-order chi connectivity index (χ0) is 35.0. The fourth-order valence-corrected chi connectivity index (χ4v) is 7.12. The molecule has 49 heavy (non-hydrogen) atoms. The SMILES string of the molecule is COCCCc1cc(CN(C(=O)[C@H]2CNCC[C@]2(O)c2ccn(CCOc3c(Cl)cc(C)cc3Cl)c(=O)c2)C2CC2)cc(OCCOC)c1. The summed E-state index contributed by atoms with van der Waals surface area (Å²) in [6.07, 6.45) is 5.44. The predicted octanol–water partition coefficient (Wildman–Crippen LogP) is 5.14. The van der Waals surface area contributed by atoms with Crippen LogP contribution in [0.3, 0.4) is 0 Å². The van der Waals surface area contributed by atoms with E-state index in [1.165, 1.54) is 10.6 Å². The van der Waals surface area contributed by atoms with E-state index >= 15 is 0 Å². The number of aryl methyl sites for hydroxylation is 2. The van der Waals surface area contributed by atoms with E-state index < -0.39 is 11.5 Å². The molecule has 1 amide bonds. The van der Waals surface area contributed by atoms with E-state index in [1.807, 2.05) is 24.0 Å². The fourth-order valence-electron chi connectivity index (χ4n) is 6.42. The van der Waals surface area contributed by atoms with E-state index in [2.05, 4.69) is 11.4 Å². The number of carbonyl (C=O) groups excluding carboxylic acids is 1. The molecule has 0 spiro atoms. The van der Waals surface area contributed by atoms with E-state index in [9.17, 15) is 14.7 Å². The number of ether oxygens (including phenoxy) is 4. The van der Waals surface area contributed by atoms with Crippen LogP contribution in [-0.2, 0) is 39.4 Å². The molecule has 1 aromatic heterocycles. The van der Waals surface area contributed by atoms with Crippen molar-refractivity contribution in [2.45, 2.75) is 63.8 Å². The average Bonchev–Trinajstić information content (AvgIpc) is 3.91. The van der Waals surface area contributed by atoms with Crippen LogP contribution in [0.5, 0.6) is 11.5 Å². The molecule has 2 aromatic carbocycles. The second-order valence-corrected chi connectivity index (χ2v) is 13.7. The average molecular weight is 717 g/mol. The van der Waals surface area contributed by atoms with Gasteiger partial charge in [0, 0.05) is 52.2 Å². The Morgan fingerprint density at radius 3 is 2.43 bits per heavy atom. The summed E-state index contributed by atoms with van der Waals surface area (Å²) in [4.78, 5) is 29.6. The summed E-state index contributed by atoms with van der Waals surface area (Å²) in [5, 5.41) is 16.3. The normalized spacial score (nSPS) is 19.1. The van der Waals surface area contributed by atoms with Crippen molar-refractivity contribution in [3.63, 3.8) is 0 Å². The minimum absolute atomic E-state index is 0.0946. The lowest BCUT2D eigenvalue weighted by Gasteiger charge is -2.42. The van der Waals surface area contributed by atoms with E-state index in [0.29, 0.717) is 67.2 Å². The number of pyridine rings is 1. The number of piperidine rings is 1. The monoisotopic (exact) mass is 715 g/mol. The zero-order valence-electron chi connectivity index (χ0n) is 28.5. The highest BCUT2D eigenvalue weighted by Crippen LogP contribution is 2.39. The highest BCUT2D eigenvalue weighted by Gasteiger charge is 2.48. The van der Waals surface area contributed by atoms with Crippen molar-refractivity contribution < 1.29 is 28.8 Å². The van der Waals surface area contributed by atoms with Crippen LogP contribution in [0, 0.1) is 12.8 Å². The van der Waals surface area contributed by atoms with Gasteiger partial charge in [0.15, 0.2) is 5.75 Å². The second-order valence-electron chi connectivity index (χ2n) is 12.9. The Labute approximate surface area is 298 Å². The van der Waals surface area contributed by atoms with E-state index in [-0.39, 0.29) is 30.7 Å². The molecule has 5 rings (SSSR count). The van der Waals surface area contributed by atoms with Crippen molar-refractivity contribution in [3.8, 4) is 11.5 Å². The van der Waals surface area contributed by atoms with E-state index in [1.54, 1.807) is 38.6 Å². The van der Waals surface area contributed by atoms with Gasteiger partial charge in [-0.05, 0) is 98.2 Å². The number of carbonyl (C=O) groups is 1. The van der Waals surface area contributed by atoms with Crippen molar-refractivity contribution in [3.05, 3.63) is 91.3 Å². The number of aromatic nitrogens is 1. The van der Waals surface area contributed by atoms with Gasteiger partial charge in [0.1, 0.15) is 24.6 Å². The Hall–Kier alpha value is -3.12. The van der Waals surface area contributed by atoms with Crippen molar-refractivity contribution in [2.24, 2.45) is 5.92 Å². The number of hydrogen-bond donors (Lipinski definition) is 2. The predicted molar refractivity (Wildman–Crippen MR) is 190 cm³/mol. The molecular weight excluding hydrogens is 669 g/mol. The Morgan fingerprint density at radius 2 is 1.73 bits per heavy atom. The molecule has 10 nitrogen and oxygen atoms in total. The first kappa shape index (κ1) is 37.1. The maximum absolute atomic E-state index is 14.4. The molecule has 266 valence electrons. The van der Waals surface area contributed by atoms with Gasteiger partial charge in [0.05, 0.1) is 29.1 Å². The summed E-state index contributed by atoms with van der Waals surface area (Å²) in [7, 11) is 3.33. The lowest BCUT2D eigenvalue weighted by molar-refractivity contribution is -0.150. The van der Waals surface area contributed by atoms with Gasteiger partial charge < -0.3 is 38.8 Å². The second kappa shape index (κ2) is 17.2. The molecule has 1 aliphatic heterocycles. The smallest absolute Gasteiger partial charge is 0.251 e. The van der Waals surface area contributed by atoms with E-state index in [0.717, 1.165) is 48.1 Å². The first-order valence-electron chi connectivity index (χ1n) is 16.9. The summed E-state index contributed by atoms with van der Waals surface area (Å²) in [6, 6.07) is 12.9. The fraction of sp³-hybridized carbons (Fsp3) is 0.514. The highest BCUT2D eigenvalue weighted by molar-refractivity contribution is 6.37. The number of amides is 1. The van der Waals surface area contributed by atoms with Crippen molar-refractivity contribution >= 4 is 29.1 Å². The summed E-state index contributed by atoms with van der Waals surface area (Å²) in [6.45, 7) is 5.07. The molecule has 2 N–H and O–H groups in total. The number of nitrogens with one attached hydrogen (secondary N) is 1. The van der Waals surface area contributed by atoms with Gasteiger partial charge in [-0.25, -0.2) is 0 Å². The quantitative estimate of drug-likeness (QED) is 0.185. The first-order valence-corrected chi connectivity index (χ1v) is 17.6. The van der Waals surface area contributed by atoms with Crippen LogP contribution in [-0.4, -0.2) is 80.3 Å². The number of aliphatic hydroxyl groups is 1. The van der Waals surface area contributed by atoms with Crippen molar-refractivity contribution in [1.82, 2.24) is 14.8 Å². The summed E-state index contributed by atoms with van der Waals surface area (Å²) in [5.74, 6) is 0.204. The van der Waals surface area contributed by atoms with Gasteiger partial charge in [-0.15, -0.1) is 0 Å². The van der Waals surface area contributed by atoms with Crippen LogP contribution in [0.1, 0.15) is 47.9 Å². The molecule has 0 unspecified atom stereocenters. The van der Waals surface area contributed by atoms with Crippen molar-refractivity contribution in [2.75, 3.05) is 53.7 Å². The number of nitrogens with zero attached hydrogens (tertiary/aromatic N) is 2. The summed E-state index contributed by atoms with van der Waals surface area (Å²) < 4.78 is 23.7. The molecule has 1 aliphatic carbocycles. The van der Waals surface area contributed by atoms with Crippen LogP contribution in [0.15, 0.2) is 53.5 Å². The van der Waals surface area contributed by atoms with Crippen LogP contribution >= 0.6 is 23.2 Å². The topological polar surface area (TPSA) is 111 Å². The van der Waals surface area contributed by atoms with Gasteiger partial charge in [-0.1, -0.05) is 29.3 Å². The Morgan fingerprint density at radius 1 is 1.00 bits per heavy atom. The number of halogens is 2. The maximum atomic E-state index is 14.4. The van der Waals surface area contributed by atoms with Gasteiger partial charge in [0.25, 0.3) is 5.56 Å². The van der Waals surface area contributed by atoms with E-state index in [4.69, 9.17) is 42.1 Å². The minimum Gasteiger partial charge on any atom is -0.491 e.